The van der Waals surface area contributed by atoms with Gasteiger partial charge in [-0.2, -0.15) is 0 Å². The summed E-state index contributed by atoms with van der Waals surface area (Å²) < 4.78 is 5.02. The van der Waals surface area contributed by atoms with Gasteiger partial charge in [-0.3, -0.25) is 10.2 Å². The zero-order chi connectivity index (χ0) is 12.6. The Bertz CT molecular complexity index is 474. The third-order valence-electron chi connectivity index (χ3n) is 2.71. The Morgan fingerprint density at radius 3 is 2.41 bits per heavy atom. The number of thiocarbonyl (C=S) groups is 1. The van der Waals surface area contributed by atoms with Gasteiger partial charge in [-0.15, -0.1) is 0 Å². The molecule has 1 aliphatic rings. The predicted octanol–water partition coefficient (Wildman–Crippen LogP) is 0.823. The van der Waals surface area contributed by atoms with Crippen LogP contribution in [0.3, 0.4) is 0 Å². The standard InChI is InChI=1S/C11H12N2O3S/c1-13-9(17)11(15,12-10(13)14)7-3-5-8(16-2)6-4-7/h3-6,15H,1-2H3,(H,12,14). The molecule has 90 valence electrons. The van der Waals surface area contributed by atoms with Crippen molar-refractivity contribution >= 4 is 23.2 Å². The van der Waals surface area contributed by atoms with E-state index < -0.39 is 11.8 Å². The fraction of sp³-hybridized carbons (Fsp3) is 0.273. The number of nitrogens with one attached hydrogen (secondary N) is 1. The van der Waals surface area contributed by atoms with Gasteiger partial charge in [0.1, 0.15) is 10.7 Å². The van der Waals surface area contributed by atoms with Crippen LogP contribution in [0.15, 0.2) is 24.3 Å². The van der Waals surface area contributed by atoms with E-state index in [-0.39, 0.29) is 4.99 Å². The Balaban J connectivity index is 2.38. The second-order valence-corrected chi connectivity index (χ2v) is 4.12. The molecular weight excluding hydrogens is 240 g/mol. The van der Waals surface area contributed by atoms with Crippen LogP contribution < -0.4 is 10.1 Å². The molecule has 1 aliphatic heterocycles. The molecule has 2 N–H and O–H groups in total. The van der Waals surface area contributed by atoms with Crippen LogP contribution in [0.25, 0.3) is 0 Å². The lowest BCUT2D eigenvalue weighted by Crippen LogP contribution is -2.42. The number of likely N-dealkylation sites (N-methyl/N-ethyl adjacent to an activating group) is 1. The highest BCUT2D eigenvalue weighted by Crippen LogP contribution is 2.28. The van der Waals surface area contributed by atoms with Crippen molar-refractivity contribution in [2.75, 3.05) is 14.2 Å². The minimum absolute atomic E-state index is 0.132. The summed E-state index contributed by atoms with van der Waals surface area (Å²) in [6.07, 6.45) is 0. The Kier molecular flexibility index (Phi) is 2.76. The highest BCUT2D eigenvalue weighted by Gasteiger charge is 2.46. The van der Waals surface area contributed by atoms with Gasteiger partial charge in [-0.1, -0.05) is 24.4 Å². The van der Waals surface area contributed by atoms with Gasteiger partial charge in [0.2, 0.25) is 5.72 Å². The van der Waals surface area contributed by atoms with E-state index in [1.54, 1.807) is 31.4 Å². The van der Waals surface area contributed by atoms with Crippen molar-refractivity contribution in [1.82, 2.24) is 10.2 Å². The minimum Gasteiger partial charge on any atom is -0.497 e. The third-order valence-corrected chi connectivity index (χ3v) is 3.28. The number of carbonyl (C=O) groups is 1. The highest BCUT2D eigenvalue weighted by atomic mass is 32.1. The number of amides is 2. The van der Waals surface area contributed by atoms with Crippen molar-refractivity contribution in [2.45, 2.75) is 5.72 Å². The second-order valence-electron chi connectivity index (χ2n) is 3.73. The minimum atomic E-state index is -1.62. The van der Waals surface area contributed by atoms with Gasteiger partial charge in [-0.05, 0) is 12.1 Å². The van der Waals surface area contributed by atoms with Crippen molar-refractivity contribution in [3.8, 4) is 5.75 Å². The highest BCUT2D eigenvalue weighted by molar-refractivity contribution is 7.80. The van der Waals surface area contributed by atoms with E-state index >= 15 is 0 Å². The van der Waals surface area contributed by atoms with Crippen LogP contribution in [0.2, 0.25) is 0 Å². The molecular formula is C11H12N2O3S. The maximum Gasteiger partial charge on any atom is 0.324 e. The molecule has 0 bridgehead atoms. The number of aliphatic hydroxyl groups is 1. The molecule has 1 saturated heterocycles. The van der Waals surface area contributed by atoms with Crippen molar-refractivity contribution in [1.29, 1.82) is 0 Å². The zero-order valence-corrected chi connectivity index (χ0v) is 10.2. The van der Waals surface area contributed by atoms with E-state index in [0.717, 1.165) is 0 Å². The van der Waals surface area contributed by atoms with Gasteiger partial charge in [-0.25, -0.2) is 4.79 Å². The number of rotatable bonds is 2. The fourth-order valence-electron chi connectivity index (χ4n) is 1.65. The average Bonchev–Trinajstić information content (AvgIpc) is 2.55. The van der Waals surface area contributed by atoms with Crippen molar-refractivity contribution in [2.24, 2.45) is 0 Å². The summed E-state index contributed by atoms with van der Waals surface area (Å²) in [5.41, 5.74) is -1.12. The van der Waals surface area contributed by atoms with E-state index in [4.69, 9.17) is 17.0 Å². The number of ether oxygens (including phenoxy) is 1. The maximum absolute atomic E-state index is 11.4. The molecule has 6 heteroatoms. The molecule has 2 rings (SSSR count). The Hall–Kier alpha value is -1.66. The van der Waals surface area contributed by atoms with E-state index in [9.17, 15) is 9.90 Å². The van der Waals surface area contributed by atoms with Crippen LogP contribution in [0.1, 0.15) is 5.56 Å². The van der Waals surface area contributed by atoms with Gasteiger partial charge in [0.15, 0.2) is 0 Å². The number of benzene rings is 1. The number of hydrogen-bond donors (Lipinski definition) is 2. The first-order valence-corrected chi connectivity index (χ1v) is 5.37. The quantitative estimate of drug-likeness (QED) is 0.765. The molecule has 17 heavy (non-hydrogen) atoms. The second kappa shape index (κ2) is 3.97. The van der Waals surface area contributed by atoms with Crippen LogP contribution >= 0.6 is 12.2 Å². The molecule has 1 fully saturated rings. The van der Waals surface area contributed by atoms with Crippen molar-refractivity contribution in [3.05, 3.63) is 29.8 Å². The van der Waals surface area contributed by atoms with Crippen LogP contribution in [-0.4, -0.2) is 35.2 Å². The lowest BCUT2D eigenvalue weighted by atomic mass is 10.0. The van der Waals surface area contributed by atoms with Gasteiger partial charge < -0.3 is 9.84 Å². The van der Waals surface area contributed by atoms with Gasteiger partial charge in [0.25, 0.3) is 0 Å². The van der Waals surface area contributed by atoms with Crippen molar-refractivity contribution in [3.63, 3.8) is 0 Å². The largest absolute Gasteiger partial charge is 0.497 e. The number of hydrogen-bond acceptors (Lipinski definition) is 4. The van der Waals surface area contributed by atoms with Crippen LogP contribution in [0, 0.1) is 0 Å². The van der Waals surface area contributed by atoms with E-state index in [1.165, 1.54) is 11.9 Å². The molecule has 0 saturated carbocycles. The lowest BCUT2D eigenvalue weighted by Gasteiger charge is -2.22. The normalized spacial score (nSPS) is 23.8. The summed E-state index contributed by atoms with van der Waals surface area (Å²) in [5, 5.41) is 12.8. The maximum atomic E-state index is 11.4. The Labute approximate surface area is 104 Å². The first-order valence-electron chi connectivity index (χ1n) is 4.96. The summed E-state index contributed by atoms with van der Waals surface area (Å²) in [4.78, 5) is 12.8. The zero-order valence-electron chi connectivity index (χ0n) is 9.43. The Morgan fingerprint density at radius 1 is 1.41 bits per heavy atom. The number of nitrogens with zero attached hydrogens (tertiary/aromatic N) is 1. The molecule has 1 aromatic carbocycles. The number of carbonyl (C=O) groups excluding carboxylic acids is 1. The van der Waals surface area contributed by atoms with Gasteiger partial charge in [0.05, 0.1) is 7.11 Å². The van der Waals surface area contributed by atoms with Crippen molar-refractivity contribution < 1.29 is 14.6 Å². The summed E-state index contributed by atoms with van der Waals surface area (Å²) in [7, 11) is 3.07. The van der Waals surface area contributed by atoms with E-state index in [0.29, 0.717) is 11.3 Å². The third kappa shape index (κ3) is 1.75. The van der Waals surface area contributed by atoms with Gasteiger partial charge >= 0.3 is 6.03 Å². The molecule has 0 aliphatic carbocycles. The number of urea groups is 1. The smallest absolute Gasteiger partial charge is 0.324 e. The summed E-state index contributed by atoms with van der Waals surface area (Å²) in [5.74, 6) is 0.668. The summed E-state index contributed by atoms with van der Waals surface area (Å²) in [6.45, 7) is 0. The molecule has 0 aromatic heterocycles. The number of methoxy groups -OCH3 is 1. The molecule has 5 nitrogen and oxygen atoms in total. The molecule has 1 atom stereocenters. The SMILES string of the molecule is COc1ccc(C2(O)NC(=O)N(C)C2=S)cc1. The Morgan fingerprint density at radius 2 is 2.00 bits per heavy atom. The van der Waals surface area contributed by atoms with Gasteiger partial charge in [0, 0.05) is 12.6 Å². The van der Waals surface area contributed by atoms with Crippen LogP contribution in [0.4, 0.5) is 4.79 Å². The fourth-order valence-corrected chi connectivity index (χ4v) is 1.91. The predicted molar refractivity (Wildman–Crippen MR) is 65.8 cm³/mol. The molecule has 1 aromatic rings. The monoisotopic (exact) mass is 252 g/mol. The molecule has 2 amide bonds. The van der Waals surface area contributed by atoms with E-state index in [2.05, 4.69) is 5.32 Å². The molecule has 0 radical (unpaired) electrons. The summed E-state index contributed by atoms with van der Waals surface area (Å²) >= 11 is 5.06. The first kappa shape index (κ1) is 11.8. The average molecular weight is 252 g/mol. The molecule has 1 unspecified atom stereocenters. The van der Waals surface area contributed by atoms with E-state index in [1.807, 2.05) is 0 Å². The summed E-state index contributed by atoms with van der Waals surface area (Å²) in [6, 6.07) is 6.28. The van der Waals surface area contributed by atoms with Crippen LogP contribution in [-0.2, 0) is 5.72 Å². The lowest BCUT2D eigenvalue weighted by molar-refractivity contribution is 0.0958. The molecule has 0 spiro atoms. The topological polar surface area (TPSA) is 61.8 Å². The molecule has 1 heterocycles. The first-order chi connectivity index (χ1) is 7.99. The van der Waals surface area contributed by atoms with Crippen LogP contribution in [0.5, 0.6) is 5.75 Å².